The zero-order valence-electron chi connectivity index (χ0n) is 24.8. The van der Waals surface area contributed by atoms with Crippen molar-refractivity contribution in [2.45, 2.75) is 44.6 Å². The number of carbonyl (C=O) groups is 1. The Labute approximate surface area is 253 Å². The molecule has 1 unspecified atom stereocenters. The number of halogens is 1. The van der Waals surface area contributed by atoms with Crippen LogP contribution in [0.3, 0.4) is 0 Å². The average molecular weight is 580 g/mol. The summed E-state index contributed by atoms with van der Waals surface area (Å²) in [5, 5.41) is 13.5. The first-order valence-corrected chi connectivity index (χ1v) is 14.8. The molecule has 3 aromatic carbocycles. The van der Waals surface area contributed by atoms with Gasteiger partial charge in [0.1, 0.15) is 11.6 Å². The van der Waals surface area contributed by atoms with Gasteiger partial charge in [-0.2, -0.15) is 10.4 Å². The molecule has 3 heterocycles. The second-order valence-corrected chi connectivity index (χ2v) is 11.3. The van der Waals surface area contributed by atoms with Crippen LogP contribution in [-0.4, -0.2) is 59.3 Å². The Hall–Kier alpha value is -4.48. The fourth-order valence-electron chi connectivity index (χ4n) is 6.06. The highest BCUT2D eigenvalue weighted by atomic mass is 19.1. The first kappa shape index (κ1) is 30.0. The van der Waals surface area contributed by atoms with E-state index >= 15 is 0 Å². The van der Waals surface area contributed by atoms with Crippen molar-refractivity contribution in [3.63, 3.8) is 0 Å². The lowest BCUT2D eigenvalue weighted by Gasteiger charge is -2.32. The van der Waals surface area contributed by atoms with Gasteiger partial charge >= 0.3 is 0 Å². The van der Waals surface area contributed by atoms with E-state index < -0.39 is 0 Å². The minimum absolute atomic E-state index is 0.231. The number of rotatable bonds is 7. The maximum Gasteiger partial charge on any atom is 0.209 e. The Bertz CT molecular complexity index is 1520. The van der Waals surface area contributed by atoms with Gasteiger partial charge in [0.2, 0.25) is 6.41 Å². The van der Waals surface area contributed by atoms with Crippen molar-refractivity contribution < 1.29 is 13.9 Å². The number of ether oxygens (including phenoxy) is 1. The van der Waals surface area contributed by atoms with Crippen LogP contribution in [0.1, 0.15) is 59.0 Å². The number of methoxy groups -OCH3 is 1. The smallest absolute Gasteiger partial charge is 0.209 e. The molecule has 0 aliphatic carbocycles. The Morgan fingerprint density at radius 2 is 1.63 bits per heavy atom. The normalized spacial score (nSPS) is 17.2. The summed E-state index contributed by atoms with van der Waals surface area (Å²) in [5.41, 5.74) is 6.57. The largest absolute Gasteiger partial charge is 0.497 e. The van der Waals surface area contributed by atoms with Crippen LogP contribution in [-0.2, 0) is 11.3 Å². The van der Waals surface area contributed by atoms with E-state index in [1.807, 2.05) is 52.2 Å². The number of nitriles is 1. The van der Waals surface area contributed by atoms with Crippen molar-refractivity contribution in [2.24, 2.45) is 0 Å². The van der Waals surface area contributed by atoms with E-state index in [0.717, 1.165) is 69.8 Å². The van der Waals surface area contributed by atoms with Gasteiger partial charge in [0.05, 0.1) is 36.3 Å². The molecular weight excluding hydrogens is 541 g/mol. The van der Waals surface area contributed by atoms with Crippen LogP contribution in [0.4, 0.5) is 4.39 Å². The van der Waals surface area contributed by atoms with Gasteiger partial charge in [0.25, 0.3) is 0 Å². The van der Waals surface area contributed by atoms with Gasteiger partial charge in [-0.1, -0.05) is 24.3 Å². The number of likely N-dealkylation sites (tertiary alicyclic amines) is 2. The highest BCUT2D eigenvalue weighted by molar-refractivity contribution is 5.48. The number of amides is 1. The van der Waals surface area contributed by atoms with Gasteiger partial charge in [-0.15, -0.1) is 0 Å². The van der Waals surface area contributed by atoms with E-state index in [-0.39, 0.29) is 5.82 Å². The molecule has 4 aromatic rings. The van der Waals surface area contributed by atoms with E-state index in [0.29, 0.717) is 17.4 Å². The number of aryl methyl sites for hydroxylation is 1. The molecule has 0 spiro atoms. The summed E-state index contributed by atoms with van der Waals surface area (Å²) in [6, 6.07) is 24.6. The summed E-state index contributed by atoms with van der Waals surface area (Å²) in [4.78, 5) is 14.9. The maximum absolute atomic E-state index is 13.3. The van der Waals surface area contributed by atoms with Crippen LogP contribution >= 0.6 is 0 Å². The number of piperidine rings is 1. The fourth-order valence-corrected chi connectivity index (χ4v) is 6.06. The van der Waals surface area contributed by atoms with Crippen LogP contribution in [0, 0.1) is 24.1 Å². The molecule has 1 aromatic heterocycles. The Morgan fingerprint density at radius 1 is 0.953 bits per heavy atom. The van der Waals surface area contributed by atoms with E-state index in [1.165, 1.54) is 34.5 Å². The van der Waals surface area contributed by atoms with Gasteiger partial charge in [0.15, 0.2) is 0 Å². The minimum atomic E-state index is -0.231. The van der Waals surface area contributed by atoms with E-state index in [9.17, 15) is 9.18 Å². The minimum Gasteiger partial charge on any atom is -0.497 e. The van der Waals surface area contributed by atoms with Crippen LogP contribution in [0.25, 0.3) is 5.69 Å². The molecule has 0 radical (unpaired) electrons. The Morgan fingerprint density at radius 3 is 2.23 bits per heavy atom. The molecule has 1 amide bonds. The van der Waals surface area contributed by atoms with Gasteiger partial charge in [-0.3, -0.25) is 9.69 Å². The molecular formula is C35H38FN5O2. The molecule has 2 saturated heterocycles. The zero-order valence-corrected chi connectivity index (χ0v) is 24.8. The first-order chi connectivity index (χ1) is 21.0. The third-order valence-electron chi connectivity index (χ3n) is 8.49. The molecule has 7 nitrogen and oxygen atoms in total. The van der Waals surface area contributed by atoms with Crippen molar-refractivity contribution in [2.75, 3.05) is 33.3 Å². The highest BCUT2D eigenvalue weighted by Gasteiger charge is 2.26. The maximum atomic E-state index is 13.3. The van der Waals surface area contributed by atoms with Crippen LogP contribution < -0.4 is 4.74 Å². The van der Waals surface area contributed by atoms with Crippen molar-refractivity contribution in [1.29, 1.82) is 5.26 Å². The Balaban J connectivity index is 0.000000207. The van der Waals surface area contributed by atoms with Gasteiger partial charge < -0.3 is 9.64 Å². The van der Waals surface area contributed by atoms with Gasteiger partial charge in [-0.25, -0.2) is 9.07 Å². The third-order valence-corrected chi connectivity index (χ3v) is 8.49. The standard InChI is InChI=1S/C23H23FN4.C12H15NO2/c1-17-15-26-28(22-8-6-21(24)7-9-22)23(17)20-10-12-27(13-11-20)16-19-4-2-18(14-25)3-5-19;1-15-12-4-2-10(3-5-12)11-6-7-13(8-11)9-14/h2-9,15,20H,10-13,16H2,1H3;2-5,9,11H,6-8H2,1H3. The number of hydrogen-bond donors (Lipinski definition) is 0. The lowest BCUT2D eigenvalue weighted by atomic mass is 9.91. The third kappa shape index (κ3) is 7.49. The van der Waals surface area contributed by atoms with E-state index in [4.69, 9.17) is 10.00 Å². The molecule has 0 saturated carbocycles. The van der Waals surface area contributed by atoms with Gasteiger partial charge in [0, 0.05) is 31.5 Å². The monoisotopic (exact) mass is 579 g/mol. The zero-order chi connectivity index (χ0) is 30.2. The number of hydrogen-bond acceptors (Lipinski definition) is 5. The lowest BCUT2D eigenvalue weighted by Crippen LogP contribution is -2.33. The predicted molar refractivity (Wildman–Crippen MR) is 165 cm³/mol. The summed E-state index contributed by atoms with van der Waals surface area (Å²) >= 11 is 0. The molecule has 43 heavy (non-hydrogen) atoms. The molecule has 2 aliphatic rings. The van der Waals surface area contributed by atoms with E-state index in [2.05, 4.69) is 35.1 Å². The second kappa shape index (κ2) is 14.1. The Kier molecular flexibility index (Phi) is 9.85. The summed E-state index contributed by atoms with van der Waals surface area (Å²) in [6.07, 6.45) is 6.05. The highest BCUT2D eigenvalue weighted by Crippen LogP contribution is 2.32. The van der Waals surface area contributed by atoms with Crippen molar-refractivity contribution in [3.05, 3.63) is 113 Å². The first-order valence-electron chi connectivity index (χ1n) is 14.8. The van der Waals surface area contributed by atoms with Crippen LogP contribution in [0.2, 0.25) is 0 Å². The van der Waals surface area contributed by atoms with Crippen LogP contribution in [0.15, 0.2) is 79.0 Å². The quantitative estimate of drug-likeness (QED) is 0.243. The van der Waals surface area contributed by atoms with Gasteiger partial charge in [-0.05, 0) is 104 Å². The predicted octanol–water partition coefficient (Wildman–Crippen LogP) is 6.21. The summed E-state index contributed by atoms with van der Waals surface area (Å²) in [6.45, 7) is 6.79. The van der Waals surface area contributed by atoms with E-state index in [1.54, 1.807) is 19.2 Å². The molecule has 2 aliphatic heterocycles. The molecule has 0 bridgehead atoms. The number of carbonyl (C=O) groups excluding carboxylic acids is 1. The SMILES string of the molecule is COc1ccc(C2CCN(C=O)C2)cc1.Cc1cnn(-c2ccc(F)cc2)c1C1CCN(Cc2ccc(C#N)cc2)CC1. The van der Waals surface area contributed by atoms with Crippen molar-refractivity contribution in [3.8, 4) is 17.5 Å². The van der Waals surface area contributed by atoms with Crippen LogP contribution in [0.5, 0.6) is 5.75 Å². The lowest BCUT2D eigenvalue weighted by molar-refractivity contribution is -0.117. The summed E-state index contributed by atoms with van der Waals surface area (Å²) in [5.74, 6) is 1.58. The molecule has 1 atom stereocenters. The molecule has 6 rings (SSSR count). The molecule has 2 fully saturated rings. The molecule has 222 valence electrons. The number of nitrogens with zero attached hydrogens (tertiary/aromatic N) is 5. The average Bonchev–Trinajstić information content (AvgIpc) is 3.70. The summed E-state index contributed by atoms with van der Waals surface area (Å²) < 4.78 is 20.4. The van der Waals surface area contributed by atoms with Crippen molar-refractivity contribution >= 4 is 6.41 Å². The molecule has 8 heteroatoms. The number of benzene rings is 3. The molecule has 0 N–H and O–H groups in total. The van der Waals surface area contributed by atoms with Crippen molar-refractivity contribution in [1.82, 2.24) is 19.6 Å². The summed E-state index contributed by atoms with van der Waals surface area (Å²) in [7, 11) is 1.67. The topological polar surface area (TPSA) is 74.4 Å². The second-order valence-electron chi connectivity index (χ2n) is 11.3. The number of aromatic nitrogens is 2. The fraction of sp³-hybridized carbons (Fsp3) is 0.343.